The highest BCUT2D eigenvalue weighted by molar-refractivity contribution is 7.89. The van der Waals surface area contributed by atoms with Crippen LogP contribution in [0.15, 0.2) is 89.8 Å². The van der Waals surface area contributed by atoms with Crippen molar-refractivity contribution in [1.82, 2.24) is 9.62 Å². The number of hydrogen-bond acceptors (Lipinski definition) is 3. The summed E-state index contributed by atoms with van der Waals surface area (Å²) in [7, 11) is -4.00. The van der Waals surface area contributed by atoms with Crippen LogP contribution in [-0.4, -0.2) is 31.2 Å². The molecule has 1 amide bonds. The van der Waals surface area contributed by atoms with Crippen molar-refractivity contribution in [2.75, 3.05) is 6.54 Å². The van der Waals surface area contributed by atoms with Gasteiger partial charge in [-0.05, 0) is 55.2 Å². The van der Waals surface area contributed by atoms with Gasteiger partial charge in [-0.15, -0.1) is 0 Å². The molecule has 0 bridgehead atoms. The summed E-state index contributed by atoms with van der Waals surface area (Å²) in [6, 6.07) is 23.5. The van der Waals surface area contributed by atoms with Crippen molar-refractivity contribution in [2.24, 2.45) is 0 Å². The Bertz CT molecular complexity index is 1100. The largest absolute Gasteiger partial charge is 0.352 e. The number of nitrogens with zero attached hydrogens (tertiary/aromatic N) is 1. The zero-order valence-electron chi connectivity index (χ0n) is 17.9. The van der Waals surface area contributed by atoms with E-state index < -0.39 is 15.8 Å². The number of amides is 1. The Balaban J connectivity index is 1.70. The highest BCUT2D eigenvalue weighted by Gasteiger charge is 2.27. The van der Waals surface area contributed by atoms with E-state index in [1.165, 1.54) is 17.7 Å². The van der Waals surface area contributed by atoms with Gasteiger partial charge >= 0.3 is 0 Å². The maximum Gasteiger partial charge on any atom is 0.243 e. The first-order valence-electron chi connectivity index (χ1n) is 10.5. The maximum absolute atomic E-state index is 13.3. The van der Waals surface area contributed by atoms with Gasteiger partial charge in [0, 0.05) is 12.6 Å². The Morgan fingerprint density at radius 1 is 0.906 bits per heavy atom. The molecule has 1 atom stereocenters. The standard InChI is InChI=1S/C25H27FN2O3S/c1-20(12-13-21-8-4-2-5-9-21)27-25(29)19-28(18-22-10-6-3-7-11-22)32(30,31)24-16-14-23(26)15-17-24/h2-11,14-17,20H,12-13,18-19H2,1H3,(H,27,29)/t20-/m0/s1. The smallest absolute Gasteiger partial charge is 0.243 e. The summed E-state index contributed by atoms with van der Waals surface area (Å²) in [5.74, 6) is -0.907. The van der Waals surface area contributed by atoms with E-state index in [9.17, 15) is 17.6 Å². The van der Waals surface area contributed by atoms with E-state index in [2.05, 4.69) is 5.32 Å². The molecule has 1 N–H and O–H groups in total. The van der Waals surface area contributed by atoms with Crippen LogP contribution in [0.4, 0.5) is 4.39 Å². The average molecular weight is 455 g/mol. The summed E-state index contributed by atoms with van der Waals surface area (Å²) in [6.07, 6.45) is 1.54. The van der Waals surface area contributed by atoms with Crippen LogP contribution in [0.2, 0.25) is 0 Å². The van der Waals surface area contributed by atoms with Gasteiger partial charge in [-0.3, -0.25) is 4.79 Å². The first kappa shape index (κ1) is 23.6. The SMILES string of the molecule is C[C@@H](CCc1ccccc1)NC(=O)CN(Cc1ccccc1)S(=O)(=O)c1ccc(F)cc1. The van der Waals surface area contributed by atoms with Gasteiger partial charge in [-0.25, -0.2) is 12.8 Å². The summed E-state index contributed by atoms with van der Waals surface area (Å²) in [4.78, 5) is 12.7. The highest BCUT2D eigenvalue weighted by atomic mass is 32.2. The number of carbonyl (C=O) groups excluding carboxylic acids is 1. The first-order chi connectivity index (χ1) is 15.3. The molecular formula is C25H27FN2O3S. The third-order valence-electron chi connectivity index (χ3n) is 5.09. The van der Waals surface area contributed by atoms with Crippen molar-refractivity contribution < 1.29 is 17.6 Å². The second-order valence-corrected chi connectivity index (χ2v) is 9.64. The molecule has 0 aromatic heterocycles. The molecule has 3 aromatic carbocycles. The fourth-order valence-corrected chi connectivity index (χ4v) is 4.73. The quantitative estimate of drug-likeness (QED) is 0.500. The van der Waals surface area contributed by atoms with Crippen LogP contribution < -0.4 is 5.32 Å². The fourth-order valence-electron chi connectivity index (χ4n) is 3.35. The van der Waals surface area contributed by atoms with E-state index in [-0.39, 0.29) is 29.9 Å². The Kier molecular flexibility index (Phi) is 8.14. The number of hydrogen-bond donors (Lipinski definition) is 1. The van der Waals surface area contributed by atoms with Crippen molar-refractivity contribution in [3.63, 3.8) is 0 Å². The number of benzene rings is 3. The van der Waals surface area contributed by atoms with Gasteiger partial charge < -0.3 is 5.32 Å². The second kappa shape index (κ2) is 11.0. The molecule has 0 fully saturated rings. The topological polar surface area (TPSA) is 66.5 Å². The van der Waals surface area contributed by atoms with Crippen molar-refractivity contribution >= 4 is 15.9 Å². The predicted molar refractivity (Wildman–Crippen MR) is 123 cm³/mol. The zero-order chi connectivity index (χ0) is 23.0. The van der Waals surface area contributed by atoms with Crippen LogP contribution in [0, 0.1) is 5.82 Å². The number of carbonyl (C=O) groups is 1. The minimum absolute atomic E-state index is 0.0341. The third-order valence-corrected chi connectivity index (χ3v) is 6.90. The molecule has 0 saturated heterocycles. The number of aryl methyl sites for hydroxylation is 1. The van der Waals surface area contributed by atoms with E-state index >= 15 is 0 Å². The number of sulfonamides is 1. The van der Waals surface area contributed by atoms with Crippen LogP contribution in [-0.2, 0) is 27.8 Å². The molecule has 0 saturated carbocycles. The first-order valence-corrected chi connectivity index (χ1v) is 11.9. The lowest BCUT2D eigenvalue weighted by atomic mass is 10.1. The Hall–Kier alpha value is -3.03. The molecule has 5 nitrogen and oxygen atoms in total. The van der Waals surface area contributed by atoms with E-state index in [0.29, 0.717) is 0 Å². The van der Waals surface area contributed by atoms with Gasteiger partial charge in [0.1, 0.15) is 5.82 Å². The highest BCUT2D eigenvalue weighted by Crippen LogP contribution is 2.19. The van der Waals surface area contributed by atoms with Gasteiger partial charge in [0.15, 0.2) is 0 Å². The van der Waals surface area contributed by atoms with Crippen molar-refractivity contribution in [3.05, 3.63) is 102 Å². The summed E-state index contributed by atoms with van der Waals surface area (Å²) in [5, 5.41) is 2.89. The lowest BCUT2D eigenvalue weighted by Gasteiger charge is -2.23. The van der Waals surface area contributed by atoms with Gasteiger partial charge in [0.2, 0.25) is 15.9 Å². The molecule has 0 radical (unpaired) electrons. The number of halogens is 1. The predicted octanol–water partition coefficient (Wildman–Crippen LogP) is 4.15. The molecule has 168 valence electrons. The molecule has 0 unspecified atom stereocenters. The monoisotopic (exact) mass is 454 g/mol. The Labute approximate surface area is 188 Å². The van der Waals surface area contributed by atoms with Crippen LogP contribution >= 0.6 is 0 Å². The minimum Gasteiger partial charge on any atom is -0.352 e. The maximum atomic E-state index is 13.3. The van der Waals surface area contributed by atoms with Gasteiger partial charge in [-0.2, -0.15) is 4.31 Å². The van der Waals surface area contributed by atoms with Crippen molar-refractivity contribution in [1.29, 1.82) is 0 Å². The minimum atomic E-state index is -4.00. The molecule has 0 spiro atoms. The lowest BCUT2D eigenvalue weighted by Crippen LogP contribution is -2.43. The van der Waals surface area contributed by atoms with E-state index in [1.807, 2.05) is 55.5 Å². The molecule has 0 aliphatic rings. The Morgan fingerprint density at radius 2 is 1.47 bits per heavy atom. The second-order valence-electron chi connectivity index (χ2n) is 7.71. The number of rotatable bonds is 10. The van der Waals surface area contributed by atoms with Crippen LogP contribution in [0.1, 0.15) is 24.5 Å². The van der Waals surface area contributed by atoms with Crippen molar-refractivity contribution in [2.45, 2.75) is 37.2 Å². The molecule has 32 heavy (non-hydrogen) atoms. The molecule has 0 aliphatic heterocycles. The van der Waals surface area contributed by atoms with Crippen LogP contribution in [0.5, 0.6) is 0 Å². The zero-order valence-corrected chi connectivity index (χ0v) is 18.8. The van der Waals surface area contributed by atoms with Crippen LogP contribution in [0.3, 0.4) is 0 Å². The van der Waals surface area contributed by atoms with Crippen molar-refractivity contribution in [3.8, 4) is 0 Å². The summed E-state index contributed by atoms with van der Waals surface area (Å²) < 4.78 is 40.8. The van der Waals surface area contributed by atoms with Crippen LogP contribution in [0.25, 0.3) is 0 Å². The normalized spacial score (nSPS) is 12.5. The molecular weight excluding hydrogens is 427 g/mol. The van der Waals surface area contributed by atoms with E-state index in [4.69, 9.17) is 0 Å². The number of nitrogens with one attached hydrogen (secondary N) is 1. The van der Waals surface area contributed by atoms with Gasteiger partial charge in [0.25, 0.3) is 0 Å². The average Bonchev–Trinajstić information content (AvgIpc) is 2.79. The molecule has 0 heterocycles. The fraction of sp³-hybridized carbons (Fsp3) is 0.240. The summed E-state index contributed by atoms with van der Waals surface area (Å²) in [5.41, 5.74) is 1.93. The van der Waals surface area contributed by atoms with Gasteiger partial charge in [0.05, 0.1) is 11.4 Å². The Morgan fingerprint density at radius 3 is 2.06 bits per heavy atom. The van der Waals surface area contributed by atoms with E-state index in [1.54, 1.807) is 12.1 Å². The summed E-state index contributed by atoms with van der Waals surface area (Å²) >= 11 is 0. The molecule has 0 aliphatic carbocycles. The van der Waals surface area contributed by atoms with Gasteiger partial charge in [-0.1, -0.05) is 60.7 Å². The molecule has 7 heteroatoms. The lowest BCUT2D eigenvalue weighted by molar-refractivity contribution is -0.122. The summed E-state index contributed by atoms with van der Waals surface area (Å²) in [6.45, 7) is 1.60. The molecule has 3 aromatic rings. The molecule has 3 rings (SSSR count). The van der Waals surface area contributed by atoms with E-state index in [0.717, 1.165) is 34.8 Å². The third kappa shape index (κ3) is 6.73.